The van der Waals surface area contributed by atoms with Gasteiger partial charge < -0.3 is 10.0 Å². The number of carboxylic acids is 1. The fourth-order valence-electron chi connectivity index (χ4n) is 2.99. The summed E-state index contributed by atoms with van der Waals surface area (Å²) in [5.74, 6) is -1.44. The molecule has 0 bridgehead atoms. The minimum Gasteiger partial charge on any atom is -0.480 e. The Morgan fingerprint density at radius 3 is 2.18 bits per heavy atom. The van der Waals surface area contributed by atoms with Crippen molar-refractivity contribution in [2.24, 2.45) is 11.8 Å². The molecule has 1 amide bonds. The number of nitrogens with one attached hydrogen (secondary N) is 1. The van der Waals surface area contributed by atoms with Crippen molar-refractivity contribution in [2.45, 2.75) is 50.8 Å². The summed E-state index contributed by atoms with van der Waals surface area (Å²) in [6.45, 7) is 3.63. The molecule has 2 aliphatic rings. The Bertz CT molecular complexity index is 533. The molecule has 22 heavy (non-hydrogen) atoms. The van der Waals surface area contributed by atoms with Crippen LogP contribution in [0.2, 0.25) is 0 Å². The van der Waals surface area contributed by atoms with E-state index >= 15 is 0 Å². The molecule has 0 aromatic carbocycles. The van der Waals surface area contributed by atoms with E-state index in [9.17, 15) is 18.0 Å². The molecule has 1 atom stereocenters. The largest absolute Gasteiger partial charge is 0.480 e. The summed E-state index contributed by atoms with van der Waals surface area (Å²) in [5, 5.41) is 8.36. The molecule has 2 fully saturated rings. The fourth-order valence-corrected chi connectivity index (χ4v) is 4.66. The number of hydrogen-bond donors (Lipinski definition) is 2. The molecule has 1 aliphatic heterocycles. The molecule has 7 nitrogen and oxygen atoms in total. The number of nitrogens with zero attached hydrogens (tertiary/aromatic N) is 1. The quantitative estimate of drug-likeness (QED) is 0.733. The average Bonchev–Trinajstić information content (AvgIpc) is 2.86. The molecule has 1 unspecified atom stereocenters. The van der Waals surface area contributed by atoms with E-state index in [1.165, 1.54) is 0 Å². The first-order valence-corrected chi connectivity index (χ1v) is 9.29. The van der Waals surface area contributed by atoms with Crippen molar-refractivity contribution < 1.29 is 23.1 Å². The van der Waals surface area contributed by atoms with E-state index in [0.29, 0.717) is 0 Å². The first-order chi connectivity index (χ1) is 10.2. The number of rotatable bonds is 6. The van der Waals surface area contributed by atoms with Gasteiger partial charge in [-0.3, -0.25) is 9.59 Å². The van der Waals surface area contributed by atoms with Gasteiger partial charge in [-0.05, 0) is 18.8 Å². The Labute approximate surface area is 131 Å². The summed E-state index contributed by atoms with van der Waals surface area (Å²) in [6.07, 6.45) is 3.89. The number of aliphatic carboxylic acids is 1. The topological polar surface area (TPSA) is 104 Å². The normalized spacial score (nSPS) is 21.9. The van der Waals surface area contributed by atoms with Crippen LogP contribution in [-0.4, -0.2) is 54.7 Å². The third-order valence-corrected chi connectivity index (χ3v) is 6.29. The predicted molar refractivity (Wildman–Crippen MR) is 80.6 cm³/mol. The molecule has 0 aromatic heterocycles. The van der Waals surface area contributed by atoms with Gasteiger partial charge in [-0.25, -0.2) is 13.1 Å². The van der Waals surface area contributed by atoms with Gasteiger partial charge in [0.05, 0.1) is 0 Å². The molecule has 0 spiro atoms. The molecule has 8 heteroatoms. The maximum atomic E-state index is 12.2. The monoisotopic (exact) mass is 332 g/mol. The molecule has 0 radical (unpaired) electrons. The van der Waals surface area contributed by atoms with Gasteiger partial charge in [0, 0.05) is 19.0 Å². The zero-order valence-electron chi connectivity index (χ0n) is 13.0. The smallest absolute Gasteiger partial charge is 0.321 e. The molecular weight excluding hydrogens is 308 g/mol. The zero-order valence-corrected chi connectivity index (χ0v) is 13.8. The molecule has 126 valence electrons. The van der Waals surface area contributed by atoms with Crippen LogP contribution in [-0.2, 0) is 19.6 Å². The summed E-state index contributed by atoms with van der Waals surface area (Å²) in [5.41, 5.74) is 0. The van der Waals surface area contributed by atoms with Crippen molar-refractivity contribution in [1.82, 2.24) is 9.62 Å². The third kappa shape index (κ3) is 3.60. The van der Waals surface area contributed by atoms with Crippen molar-refractivity contribution >= 4 is 21.9 Å². The SMILES string of the molecule is CC(C)C(NS(=O)(=O)C1CN(C(=O)C2CCCC2)C1)C(=O)O. The van der Waals surface area contributed by atoms with E-state index in [1.54, 1.807) is 18.7 Å². The van der Waals surface area contributed by atoms with Gasteiger partial charge in [0.1, 0.15) is 11.3 Å². The Morgan fingerprint density at radius 1 is 1.18 bits per heavy atom. The lowest BCUT2D eigenvalue weighted by Gasteiger charge is -2.40. The predicted octanol–water partition coefficient (Wildman–Crippen LogP) is 0.416. The van der Waals surface area contributed by atoms with Crippen molar-refractivity contribution in [1.29, 1.82) is 0 Å². The van der Waals surface area contributed by atoms with Crippen molar-refractivity contribution in [3.8, 4) is 0 Å². The molecule has 0 aromatic rings. The highest BCUT2D eigenvalue weighted by molar-refractivity contribution is 7.90. The van der Waals surface area contributed by atoms with Crippen LogP contribution in [0.25, 0.3) is 0 Å². The summed E-state index contributed by atoms with van der Waals surface area (Å²) in [7, 11) is -3.73. The number of carbonyl (C=O) groups is 2. The van der Waals surface area contributed by atoms with Crippen LogP contribution in [0.15, 0.2) is 0 Å². The van der Waals surface area contributed by atoms with Gasteiger partial charge in [-0.15, -0.1) is 0 Å². The molecular formula is C14H24N2O5S. The highest BCUT2D eigenvalue weighted by Gasteiger charge is 2.43. The van der Waals surface area contributed by atoms with Crippen molar-refractivity contribution in [2.75, 3.05) is 13.1 Å². The molecule has 1 saturated carbocycles. The first-order valence-electron chi connectivity index (χ1n) is 7.75. The Kier molecular flexibility index (Phi) is 5.11. The van der Waals surface area contributed by atoms with Gasteiger partial charge in [-0.2, -0.15) is 0 Å². The second-order valence-electron chi connectivity index (χ2n) is 6.57. The van der Waals surface area contributed by atoms with Gasteiger partial charge in [0.25, 0.3) is 0 Å². The number of sulfonamides is 1. The molecule has 2 rings (SSSR count). The van der Waals surface area contributed by atoms with Crippen molar-refractivity contribution in [3.63, 3.8) is 0 Å². The van der Waals surface area contributed by atoms with E-state index in [4.69, 9.17) is 5.11 Å². The van der Waals surface area contributed by atoms with Crippen LogP contribution in [0.5, 0.6) is 0 Å². The number of likely N-dealkylation sites (tertiary alicyclic amines) is 1. The second kappa shape index (κ2) is 6.54. The number of carboxylic acid groups (broad SMARTS) is 1. The highest BCUT2D eigenvalue weighted by Crippen LogP contribution is 2.29. The average molecular weight is 332 g/mol. The van der Waals surface area contributed by atoms with Crippen LogP contribution in [0.4, 0.5) is 0 Å². The number of amides is 1. The standard InChI is InChI=1S/C14H24N2O5S/c1-9(2)12(14(18)19)15-22(20,21)11-7-16(8-11)13(17)10-5-3-4-6-10/h9-12,15H,3-8H2,1-2H3,(H,18,19). The van der Waals surface area contributed by atoms with Gasteiger partial charge >= 0.3 is 5.97 Å². The maximum Gasteiger partial charge on any atom is 0.321 e. The minimum atomic E-state index is -3.73. The Morgan fingerprint density at radius 2 is 1.73 bits per heavy atom. The summed E-state index contributed by atoms with van der Waals surface area (Å²) < 4.78 is 26.7. The molecule has 2 N–H and O–H groups in total. The molecule has 1 aliphatic carbocycles. The van der Waals surface area contributed by atoms with Crippen molar-refractivity contribution in [3.05, 3.63) is 0 Å². The van der Waals surface area contributed by atoms with Crippen LogP contribution in [0.1, 0.15) is 39.5 Å². The number of carbonyl (C=O) groups excluding carboxylic acids is 1. The minimum absolute atomic E-state index is 0.0408. The lowest BCUT2D eigenvalue weighted by molar-refractivity contribution is -0.140. The zero-order chi connectivity index (χ0) is 16.5. The first kappa shape index (κ1) is 17.2. The van der Waals surface area contributed by atoms with E-state index < -0.39 is 27.3 Å². The highest BCUT2D eigenvalue weighted by atomic mass is 32.2. The second-order valence-corrected chi connectivity index (χ2v) is 8.56. The third-order valence-electron chi connectivity index (χ3n) is 4.53. The van der Waals surface area contributed by atoms with Gasteiger partial charge in [-0.1, -0.05) is 26.7 Å². The molecule has 1 saturated heterocycles. The Balaban J connectivity index is 1.90. The molecule has 1 heterocycles. The summed E-state index contributed by atoms with van der Waals surface area (Å²) in [4.78, 5) is 24.8. The van der Waals surface area contributed by atoms with Gasteiger partial charge in [0.2, 0.25) is 15.9 Å². The van der Waals surface area contributed by atoms with E-state index in [0.717, 1.165) is 25.7 Å². The summed E-state index contributed by atoms with van der Waals surface area (Å²) >= 11 is 0. The van der Waals surface area contributed by atoms with Gasteiger partial charge in [0.15, 0.2) is 0 Å². The lowest BCUT2D eigenvalue weighted by Crippen LogP contribution is -2.62. The maximum absolute atomic E-state index is 12.2. The Hall–Kier alpha value is -1.15. The number of hydrogen-bond acceptors (Lipinski definition) is 4. The van der Waals surface area contributed by atoms with E-state index in [-0.39, 0.29) is 30.8 Å². The van der Waals surface area contributed by atoms with Crippen LogP contribution in [0.3, 0.4) is 0 Å². The van der Waals surface area contributed by atoms with E-state index in [2.05, 4.69) is 4.72 Å². The van der Waals surface area contributed by atoms with Crippen LogP contribution >= 0.6 is 0 Å². The van der Waals surface area contributed by atoms with Crippen LogP contribution < -0.4 is 4.72 Å². The van der Waals surface area contributed by atoms with E-state index in [1.807, 2.05) is 0 Å². The fraction of sp³-hybridized carbons (Fsp3) is 0.857. The summed E-state index contributed by atoms with van der Waals surface area (Å²) in [6, 6.07) is -1.13. The van der Waals surface area contributed by atoms with Crippen LogP contribution in [0, 0.1) is 11.8 Å². The lowest BCUT2D eigenvalue weighted by atomic mass is 10.0.